The van der Waals surface area contributed by atoms with Crippen LogP contribution in [0.1, 0.15) is 0 Å². The van der Waals surface area contributed by atoms with E-state index in [1.54, 1.807) is 0 Å². The number of rotatable bonds is 2. The third-order valence-corrected chi connectivity index (χ3v) is 5.82. The van der Waals surface area contributed by atoms with Gasteiger partial charge in [0, 0.05) is 15.4 Å². The summed E-state index contributed by atoms with van der Waals surface area (Å²) in [4.78, 5) is 2.54. The highest BCUT2D eigenvalue weighted by molar-refractivity contribution is 7.99. The average molecular weight is 351 g/mol. The van der Waals surface area contributed by atoms with Crippen molar-refractivity contribution in [2.24, 2.45) is 0 Å². The van der Waals surface area contributed by atoms with Crippen molar-refractivity contribution in [1.82, 2.24) is 0 Å². The Bertz CT molecular complexity index is 1070. The fraction of sp³-hybridized carbons (Fsp3) is 0. The molecular formula is C24H17NS. The summed E-state index contributed by atoms with van der Waals surface area (Å²) in [6, 6.07) is 34.3. The molecule has 0 aliphatic carbocycles. The van der Waals surface area contributed by atoms with E-state index < -0.39 is 0 Å². The molecule has 0 bridgehead atoms. The van der Waals surface area contributed by atoms with Gasteiger partial charge in [-0.05, 0) is 34.9 Å². The topological polar surface area (TPSA) is 12.0 Å². The van der Waals surface area contributed by atoms with Crippen molar-refractivity contribution < 1.29 is 0 Å². The summed E-state index contributed by atoms with van der Waals surface area (Å²) < 4.78 is 0. The highest BCUT2D eigenvalue weighted by Crippen LogP contribution is 2.50. The molecule has 0 atom stereocenters. The number of fused-ring (bicyclic) bond motifs is 2. The number of anilines is 2. The summed E-state index contributed by atoms with van der Waals surface area (Å²) in [5.74, 6) is 0. The molecule has 1 nitrogen and oxygen atoms in total. The quantitative estimate of drug-likeness (QED) is 0.360. The van der Waals surface area contributed by atoms with E-state index in [0.717, 1.165) is 0 Å². The molecule has 0 saturated heterocycles. The minimum atomic E-state index is 1.17. The molecule has 26 heavy (non-hydrogen) atoms. The third-order valence-electron chi connectivity index (χ3n) is 4.68. The largest absolute Gasteiger partial charge is 0.353 e. The molecule has 0 amide bonds. The van der Waals surface area contributed by atoms with E-state index >= 15 is 0 Å². The van der Waals surface area contributed by atoms with E-state index in [4.69, 9.17) is 0 Å². The Morgan fingerprint density at radius 1 is 0.538 bits per heavy atom. The number of nitrogens with one attached hydrogen (secondary N) is 1. The van der Waals surface area contributed by atoms with Crippen molar-refractivity contribution in [3.8, 4) is 22.3 Å². The maximum atomic E-state index is 3.70. The van der Waals surface area contributed by atoms with Crippen LogP contribution in [0.3, 0.4) is 0 Å². The maximum absolute atomic E-state index is 3.70. The van der Waals surface area contributed by atoms with Crippen LogP contribution >= 0.6 is 11.8 Å². The van der Waals surface area contributed by atoms with Gasteiger partial charge in [-0.1, -0.05) is 90.6 Å². The van der Waals surface area contributed by atoms with E-state index in [1.807, 2.05) is 11.8 Å². The van der Waals surface area contributed by atoms with Gasteiger partial charge in [0.1, 0.15) is 0 Å². The Morgan fingerprint density at radius 3 is 1.96 bits per heavy atom. The van der Waals surface area contributed by atoms with Gasteiger partial charge in [-0.3, -0.25) is 0 Å². The Hall–Kier alpha value is -2.97. The third kappa shape index (κ3) is 2.59. The summed E-state index contributed by atoms with van der Waals surface area (Å²) in [6.45, 7) is 0. The molecule has 0 radical (unpaired) electrons. The second-order valence-corrected chi connectivity index (χ2v) is 7.40. The molecule has 4 aromatic rings. The van der Waals surface area contributed by atoms with Gasteiger partial charge in [-0.2, -0.15) is 0 Å². The van der Waals surface area contributed by atoms with Crippen molar-refractivity contribution in [2.75, 3.05) is 5.32 Å². The van der Waals surface area contributed by atoms with E-state index in [0.29, 0.717) is 0 Å². The summed E-state index contributed by atoms with van der Waals surface area (Å²) in [5.41, 5.74) is 7.35. The van der Waals surface area contributed by atoms with Crippen LogP contribution in [0.2, 0.25) is 0 Å². The average Bonchev–Trinajstić information content (AvgIpc) is 2.72. The molecular weight excluding hydrogens is 334 g/mol. The SMILES string of the molecule is c1ccc(-c2ccc3c(c2-c2ccccc2)Nc2ccccc2S3)cc1. The molecule has 124 valence electrons. The smallest absolute Gasteiger partial charge is 0.0612 e. The van der Waals surface area contributed by atoms with Crippen LogP contribution in [-0.4, -0.2) is 0 Å². The predicted octanol–water partition coefficient (Wildman–Crippen LogP) is 7.23. The van der Waals surface area contributed by atoms with Gasteiger partial charge in [0.05, 0.1) is 11.4 Å². The minimum absolute atomic E-state index is 1.17. The van der Waals surface area contributed by atoms with Crippen LogP contribution < -0.4 is 5.32 Å². The Balaban J connectivity index is 1.77. The van der Waals surface area contributed by atoms with Crippen molar-refractivity contribution >= 4 is 23.1 Å². The highest BCUT2D eigenvalue weighted by atomic mass is 32.2. The first-order valence-electron chi connectivity index (χ1n) is 8.72. The van der Waals surface area contributed by atoms with Gasteiger partial charge >= 0.3 is 0 Å². The van der Waals surface area contributed by atoms with Crippen molar-refractivity contribution in [1.29, 1.82) is 0 Å². The predicted molar refractivity (Wildman–Crippen MR) is 111 cm³/mol. The summed E-state index contributed by atoms with van der Waals surface area (Å²) in [6.07, 6.45) is 0. The lowest BCUT2D eigenvalue weighted by molar-refractivity contribution is 1.31. The molecule has 1 aliphatic heterocycles. The lowest BCUT2D eigenvalue weighted by Crippen LogP contribution is -2.03. The maximum Gasteiger partial charge on any atom is 0.0612 e. The first kappa shape index (κ1) is 15.3. The molecule has 0 saturated carbocycles. The van der Waals surface area contributed by atoms with E-state index in [-0.39, 0.29) is 0 Å². The summed E-state index contributed by atoms with van der Waals surface area (Å²) in [5, 5.41) is 3.70. The van der Waals surface area contributed by atoms with Gasteiger partial charge in [0.2, 0.25) is 0 Å². The number of para-hydroxylation sites is 1. The van der Waals surface area contributed by atoms with E-state index in [2.05, 4.69) is 102 Å². The van der Waals surface area contributed by atoms with Gasteiger partial charge in [0.15, 0.2) is 0 Å². The highest BCUT2D eigenvalue weighted by Gasteiger charge is 2.21. The van der Waals surface area contributed by atoms with E-state index in [1.165, 1.54) is 43.4 Å². The van der Waals surface area contributed by atoms with Gasteiger partial charge in [-0.25, -0.2) is 0 Å². The van der Waals surface area contributed by atoms with Crippen LogP contribution in [-0.2, 0) is 0 Å². The molecule has 0 unspecified atom stereocenters. The first-order valence-corrected chi connectivity index (χ1v) is 9.53. The van der Waals surface area contributed by atoms with Crippen LogP contribution in [0, 0.1) is 0 Å². The van der Waals surface area contributed by atoms with Crippen LogP contribution in [0.5, 0.6) is 0 Å². The Kier molecular flexibility index (Phi) is 3.76. The fourth-order valence-corrected chi connectivity index (χ4v) is 4.47. The van der Waals surface area contributed by atoms with Crippen molar-refractivity contribution in [3.63, 3.8) is 0 Å². The van der Waals surface area contributed by atoms with E-state index in [9.17, 15) is 0 Å². The second kappa shape index (κ2) is 6.40. The number of hydrogen-bond donors (Lipinski definition) is 1. The van der Waals surface area contributed by atoms with Gasteiger partial charge < -0.3 is 5.32 Å². The molecule has 0 fully saturated rings. The summed E-state index contributed by atoms with van der Waals surface area (Å²) >= 11 is 1.83. The van der Waals surface area contributed by atoms with Crippen molar-refractivity contribution in [2.45, 2.75) is 9.79 Å². The minimum Gasteiger partial charge on any atom is -0.353 e. The standard InChI is InChI=1S/C24H17NS/c1-3-9-17(10-4-1)19-15-16-22-24(23(19)18-11-5-2-6-12-18)25-20-13-7-8-14-21(20)26-22/h1-16,25H. The zero-order chi connectivity index (χ0) is 17.3. The first-order chi connectivity index (χ1) is 12.9. The molecule has 0 spiro atoms. The van der Waals surface area contributed by atoms with Gasteiger partial charge in [0.25, 0.3) is 0 Å². The monoisotopic (exact) mass is 351 g/mol. The number of benzene rings is 4. The molecule has 1 N–H and O–H groups in total. The number of hydrogen-bond acceptors (Lipinski definition) is 2. The Labute approximate surface area is 157 Å². The summed E-state index contributed by atoms with van der Waals surface area (Å²) in [7, 11) is 0. The zero-order valence-electron chi connectivity index (χ0n) is 14.1. The molecule has 5 rings (SSSR count). The van der Waals surface area contributed by atoms with Crippen LogP contribution in [0.15, 0.2) is 107 Å². The lowest BCUT2D eigenvalue weighted by atomic mass is 9.92. The molecule has 2 heteroatoms. The molecule has 4 aromatic carbocycles. The van der Waals surface area contributed by atoms with Crippen LogP contribution in [0.4, 0.5) is 11.4 Å². The van der Waals surface area contributed by atoms with Crippen molar-refractivity contribution in [3.05, 3.63) is 97.1 Å². The molecule has 0 aromatic heterocycles. The molecule has 1 heterocycles. The van der Waals surface area contributed by atoms with Gasteiger partial charge in [-0.15, -0.1) is 0 Å². The second-order valence-electron chi connectivity index (χ2n) is 6.32. The fourth-order valence-electron chi connectivity index (χ4n) is 3.47. The lowest BCUT2D eigenvalue weighted by Gasteiger charge is -2.25. The molecule has 1 aliphatic rings. The van der Waals surface area contributed by atoms with Crippen LogP contribution in [0.25, 0.3) is 22.3 Å². The normalized spacial score (nSPS) is 12.0. The zero-order valence-corrected chi connectivity index (χ0v) is 15.0. The Morgan fingerprint density at radius 2 is 1.19 bits per heavy atom.